The lowest BCUT2D eigenvalue weighted by Crippen LogP contribution is -2.29. The number of phenols is 1. The summed E-state index contributed by atoms with van der Waals surface area (Å²) in [7, 11) is 1.26. The molecule has 0 saturated carbocycles. The maximum absolute atomic E-state index is 12.8. The van der Waals surface area contributed by atoms with Crippen molar-refractivity contribution in [3.05, 3.63) is 58.7 Å². The van der Waals surface area contributed by atoms with Crippen LogP contribution in [0.5, 0.6) is 5.75 Å². The zero-order valence-corrected chi connectivity index (χ0v) is 13.1. The molecular weight excluding hydrogens is 310 g/mol. The van der Waals surface area contributed by atoms with Crippen LogP contribution in [0.2, 0.25) is 0 Å². The number of hydrogen-bond acceptors (Lipinski definition) is 6. The van der Waals surface area contributed by atoms with E-state index < -0.39 is 17.8 Å². The summed E-state index contributed by atoms with van der Waals surface area (Å²) >= 11 is 0. The molecular formula is C18H15NO5. The van der Waals surface area contributed by atoms with Gasteiger partial charge in [-0.1, -0.05) is 24.3 Å². The maximum Gasteiger partial charge on any atom is 0.327 e. The Bertz CT molecular complexity index is 872. The number of anilines is 1. The molecule has 0 aromatic heterocycles. The van der Waals surface area contributed by atoms with Gasteiger partial charge in [0.25, 0.3) is 0 Å². The number of nitrogens with one attached hydrogen (secondary N) is 1. The lowest BCUT2D eigenvalue weighted by atomic mass is 9.82. The van der Waals surface area contributed by atoms with E-state index in [1.54, 1.807) is 31.2 Å². The molecule has 0 aliphatic heterocycles. The maximum atomic E-state index is 12.8. The normalized spacial score (nSPS) is 13.8. The van der Waals surface area contributed by atoms with Crippen LogP contribution in [0.3, 0.4) is 0 Å². The Morgan fingerprint density at radius 1 is 1.04 bits per heavy atom. The molecule has 0 bridgehead atoms. The highest BCUT2D eigenvalue weighted by Crippen LogP contribution is 2.37. The third-order valence-corrected chi connectivity index (χ3v) is 3.98. The molecule has 1 aliphatic carbocycles. The minimum Gasteiger partial charge on any atom is -0.507 e. The molecule has 6 nitrogen and oxygen atoms in total. The summed E-state index contributed by atoms with van der Waals surface area (Å²) in [6.45, 7) is 1.58. The third kappa shape index (κ3) is 2.32. The Labute approximate surface area is 138 Å². The Morgan fingerprint density at radius 3 is 2.21 bits per heavy atom. The summed E-state index contributed by atoms with van der Waals surface area (Å²) in [6.07, 6.45) is 0. The predicted octanol–water partition coefficient (Wildman–Crippen LogP) is 2.14. The molecule has 0 heterocycles. The Morgan fingerprint density at radius 2 is 1.62 bits per heavy atom. The fraction of sp³-hybridized carbons (Fsp3) is 0.167. The second-order valence-electron chi connectivity index (χ2n) is 5.48. The SMILES string of the molecule is COC(=O)[C@H](C)Nc1ccc(O)c2c1C(=O)c1ccccc1C2=O. The molecule has 3 rings (SSSR count). The number of fused-ring (bicyclic) bond motifs is 2. The average Bonchev–Trinajstić information content (AvgIpc) is 2.60. The summed E-state index contributed by atoms with van der Waals surface area (Å²) in [6, 6.07) is 8.52. The van der Waals surface area contributed by atoms with E-state index in [4.69, 9.17) is 0 Å². The van der Waals surface area contributed by atoms with Crippen LogP contribution in [0.15, 0.2) is 36.4 Å². The first kappa shape index (κ1) is 15.7. The molecule has 122 valence electrons. The van der Waals surface area contributed by atoms with Gasteiger partial charge in [-0.25, -0.2) is 4.79 Å². The highest BCUT2D eigenvalue weighted by Gasteiger charge is 2.34. The van der Waals surface area contributed by atoms with Crippen LogP contribution >= 0.6 is 0 Å². The fourth-order valence-electron chi connectivity index (χ4n) is 2.80. The molecule has 0 saturated heterocycles. The van der Waals surface area contributed by atoms with Gasteiger partial charge in [-0.05, 0) is 19.1 Å². The summed E-state index contributed by atoms with van der Waals surface area (Å²) < 4.78 is 4.65. The smallest absolute Gasteiger partial charge is 0.327 e. The van der Waals surface area contributed by atoms with Gasteiger partial charge >= 0.3 is 5.97 Å². The van der Waals surface area contributed by atoms with Crippen molar-refractivity contribution < 1.29 is 24.2 Å². The van der Waals surface area contributed by atoms with E-state index >= 15 is 0 Å². The zero-order chi connectivity index (χ0) is 17.4. The van der Waals surface area contributed by atoms with Crippen molar-refractivity contribution in [2.75, 3.05) is 12.4 Å². The quantitative estimate of drug-likeness (QED) is 0.566. The minimum absolute atomic E-state index is 0.0548. The van der Waals surface area contributed by atoms with E-state index in [1.807, 2.05) is 0 Å². The van der Waals surface area contributed by atoms with Gasteiger partial charge in [0.05, 0.1) is 18.2 Å². The Balaban J connectivity index is 2.15. The van der Waals surface area contributed by atoms with Crippen LogP contribution in [-0.2, 0) is 9.53 Å². The van der Waals surface area contributed by atoms with E-state index in [1.165, 1.54) is 19.2 Å². The third-order valence-electron chi connectivity index (χ3n) is 3.98. The molecule has 2 aromatic rings. The van der Waals surface area contributed by atoms with Crippen LogP contribution in [0, 0.1) is 0 Å². The van der Waals surface area contributed by atoms with Crippen molar-refractivity contribution in [1.29, 1.82) is 0 Å². The zero-order valence-electron chi connectivity index (χ0n) is 13.1. The van der Waals surface area contributed by atoms with E-state index in [9.17, 15) is 19.5 Å². The van der Waals surface area contributed by atoms with Crippen LogP contribution < -0.4 is 5.32 Å². The van der Waals surface area contributed by atoms with Crippen molar-refractivity contribution >= 4 is 23.2 Å². The first-order chi connectivity index (χ1) is 11.5. The molecule has 1 aliphatic rings. The molecule has 24 heavy (non-hydrogen) atoms. The summed E-state index contributed by atoms with van der Waals surface area (Å²) in [5, 5.41) is 13.0. The number of ketones is 2. The molecule has 2 N–H and O–H groups in total. The van der Waals surface area contributed by atoms with Gasteiger partial charge in [-0.3, -0.25) is 9.59 Å². The molecule has 0 spiro atoms. The molecule has 0 amide bonds. The fourth-order valence-corrected chi connectivity index (χ4v) is 2.80. The number of carbonyl (C=O) groups is 3. The number of ether oxygens (including phenoxy) is 1. The van der Waals surface area contributed by atoms with E-state index in [2.05, 4.69) is 10.1 Å². The Hall–Kier alpha value is -3.15. The lowest BCUT2D eigenvalue weighted by molar-refractivity contribution is -0.141. The summed E-state index contributed by atoms with van der Waals surface area (Å²) in [4.78, 5) is 37.1. The van der Waals surface area contributed by atoms with Crippen LogP contribution in [0.4, 0.5) is 5.69 Å². The second-order valence-corrected chi connectivity index (χ2v) is 5.48. The van der Waals surface area contributed by atoms with Gasteiger partial charge in [0.1, 0.15) is 11.8 Å². The van der Waals surface area contributed by atoms with Crippen LogP contribution in [0.25, 0.3) is 0 Å². The lowest BCUT2D eigenvalue weighted by Gasteiger charge is -2.23. The summed E-state index contributed by atoms with van der Waals surface area (Å²) in [5.41, 5.74) is 0.835. The van der Waals surface area contributed by atoms with Gasteiger partial charge < -0.3 is 15.2 Å². The first-order valence-corrected chi connectivity index (χ1v) is 7.34. The number of esters is 1. The van der Waals surface area contributed by atoms with Gasteiger partial charge in [0.15, 0.2) is 11.6 Å². The van der Waals surface area contributed by atoms with Crippen molar-refractivity contribution in [3.8, 4) is 5.75 Å². The molecule has 6 heteroatoms. The predicted molar refractivity (Wildman–Crippen MR) is 86.5 cm³/mol. The van der Waals surface area contributed by atoms with Gasteiger partial charge in [-0.2, -0.15) is 0 Å². The van der Waals surface area contributed by atoms with Crippen molar-refractivity contribution in [2.24, 2.45) is 0 Å². The molecule has 0 radical (unpaired) electrons. The molecule has 0 unspecified atom stereocenters. The molecule has 0 fully saturated rings. The number of hydrogen-bond donors (Lipinski definition) is 2. The summed E-state index contributed by atoms with van der Waals surface area (Å²) in [5.74, 6) is -1.58. The highest BCUT2D eigenvalue weighted by molar-refractivity contribution is 6.31. The first-order valence-electron chi connectivity index (χ1n) is 7.34. The number of carbonyl (C=O) groups excluding carboxylic acids is 3. The topological polar surface area (TPSA) is 92.7 Å². The van der Waals surface area contributed by atoms with Gasteiger partial charge in [-0.15, -0.1) is 0 Å². The van der Waals surface area contributed by atoms with Crippen molar-refractivity contribution in [2.45, 2.75) is 13.0 Å². The number of benzene rings is 2. The van der Waals surface area contributed by atoms with Crippen molar-refractivity contribution in [3.63, 3.8) is 0 Å². The molecule has 1 atom stereocenters. The number of rotatable bonds is 3. The number of aromatic hydroxyl groups is 1. The molecule has 2 aromatic carbocycles. The van der Waals surface area contributed by atoms with Gasteiger partial charge in [0, 0.05) is 16.8 Å². The van der Waals surface area contributed by atoms with Crippen LogP contribution in [0.1, 0.15) is 38.8 Å². The van der Waals surface area contributed by atoms with Crippen LogP contribution in [-0.4, -0.2) is 35.8 Å². The number of methoxy groups -OCH3 is 1. The minimum atomic E-state index is -0.719. The monoisotopic (exact) mass is 325 g/mol. The van der Waals surface area contributed by atoms with E-state index in [0.29, 0.717) is 5.69 Å². The average molecular weight is 325 g/mol. The number of phenolic OH excluding ortho intramolecular Hbond substituents is 1. The standard InChI is InChI=1S/C18H15NO5/c1-9(18(23)24-2)19-12-7-8-13(20)15-14(12)16(21)10-5-3-4-6-11(10)17(15)22/h3-9,19-20H,1-2H3/t9-/m0/s1. The second kappa shape index (κ2) is 5.81. The largest absolute Gasteiger partial charge is 0.507 e. The highest BCUT2D eigenvalue weighted by atomic mass is 16.5. The van der Waals surface area contributed by atoms with Gasteiger partial charge in [0.2, 0.25) is 0 Å². The van der Waals surface area contributed by atoms with E-state index in [0.717, 1.165) is 0 Å². The van der Waals surface area contributed by atoms with Crippen molar-refractivity contribution in [1.82, 2.24) is 0 Å². The Kier molecular flexibility index (Phi) is 3.81. The van der Waals surface area contributed by atoms with E-state index in [-0.39, 0.29) is 33.8 Å².